The van der Waals surface area contributed by atoms with Gasteiger partial charge in [-0.05, 0) is 23.6 Å². The highest BCUT2D eigenvalue weighted by atomic mass is 79.9. The van der Waals surface area contributed by atoms with Crippen LogP contribution < -0.4 is 0 Å². The minimum atomic E-state index is 0.584. The van der Waals surface area contributed by atoms with Crippen molar-refractivity contribution in [2.75, 3.05) is 5.33 Å². The van der Waals surface area contributed by atoms with E-state index >= 15 is 0 Å². The van der Waals surface area contributed by atoms with Gasteiger partial charge >= 0.3 is 0 Å². The van der Waals surface area contributed by atoms with Crippen molar-refractivity contribution >= 4 is 15.9 Å². The van der Waals surface area contributed by atoms with Crippen molar-refractivity contribution in [1.29, 1.82) is 0 Å². The Bertz CT molecular complexity index is 302. The maximum Gasteiger partial charge on any atom is 0.00414 e. The molecule has 1 aliphatic rings. The molecule has 0 aromatic heterocycles. The lowest BCUT2D eigenvalue weighted by atomic mass is 9.99. The van der Waals surface area contributed by atoms with Crippen LogP contribution in [0.3, 0.4) is 0 Å². The van der Waals surface area contributed by atoms with Crippen molar-refractivity contribution in [3.05, 3.63) is 47.5 Å². The molecule has 2 rings (SSSR count). The normalized spacial score (nSPS) is 19.6. The van der Waals surface area contributed by atoms with Crippen LogP contribution in [-0.4, -0.2) is 5.33 Å². The average Bonchev–Trinajstić information content (AvgIpc) is 2.50. The fraction of sp³-hybridized carbons (Fsp3) is 0.273. The first-order valence-electron chi connectivity index (χ1n) is 4.16. The second-order valence-corrected chi connectivity index (χ2v) is 3.78. The number of allylic oxidation sites excluding steroid dienone is 1. The lowest BCUT2D eigenvalue weighted by molar-refractivity contribution is 0.831. The fourth-order valence-corrected chi connectivity index (χ4v) is 2.08. The number of hydrogen-bond donors (Lipinski definition) is 0. The Balaban J connectivity index is 2.30. The van der Waals surface area contributed by atoms with Gasteiger partial charge in [-0.15, -0.1) is 0 Å². The van der Waals surface area contributed by atoms with E-state index in [-0.39, 0.29) is 0 Å². The van der Waals surface area contributed by atoms with Gasteiger partial charge in [-0.2, -0.15) is 0 Å². The average molecular weight is 222 g/mol. The molecule has 1 aromatic rings. The minimum absolute atomic E-state index is 0.584. The number of rotatable bonds is 2. The van der Waals surface area contributed by atoms with Gasteiger partial charge in [0.15, 0.2) is 0 Å². The number of benzene rings is 1. The third kappa shape index (κ3) is 1.34. The Morgan fingerprint density at radius 2 is 2.17 bits per heavy atom. The van der Waals surface area contributed by atoms with Crippen molar-refractivity contribution in [2.45, 2.75) is 12.3 Å². The second kappa shape index (κ2) is 3.44. The Kier molecular flexibility index (Phi) is 2.31. The zero-order valence-corrected chi connectivity index (χ0v) is 8.34. The lowest BCUT2D eigenvalue weighted by Crippen LogP contribution is -1.92. The standard InChI is InChI=1S/C11H10Br/c12-8-7-10-6-5-9-3-1-2-4-11(9)10/h1-4,6,10H,7-8H2. The summed E-state index contributed by atoms with van der Waals surface area (Å²) in [6.07, 6.45) is 6.63. The first-order valence-corrected chi connectivity index (χ1v) is 5.29. The Morgan fingerprint density at radius 3 is 3.00 bits per heavy atom. The summed E-state index contributed by atoms with van der Waals surface area (Å²) in [5.41, 5.74) is 2.69. The lowest BCUT2D eigenvalue weighted by Gasteiger charge is -2.07. The Hall–Kier alpha value is -0.560. The van der Waals surface area contributed by atoms with Crippen LogP contribution in [0.5, 0.6) is 0 Å². The van der Waals surface area contributed by atoms with E-state index in [1.54, 1.807) is 0 Å². The van der Waals surface area contributed by atoms with Crippen molar-refractivity contribution in [2.24, 2.45) is 0 Å². The molecule has 0 fully saturated rings. The van der Waals surface area contributed by atoms with Crippen LogP contribution in [0.2, 0.25) is 0 Å². The van der Waals surface area contributed by atoms with Gasteiger partial charge in [0.05, 0.1) is 0 Å². The van der Waals surface area contributed by atoms with Crippen LogP contribution in [0.15, 0.2) is 30.3 Å². The Morgan fingerprint density at radius 1 is 1.33 bits per heavy atom. The van der Waals surface area contributed by atoms with Gasteiger partial charge < -0.3 is 0 Å². The van der Waals surface area contributed by atoms with Crippen molar-refractivity contribution in [3.63, 3.8) is 0 Å². The SMILES string of the molecule is BrCCC1C=[C]c2ccccc21. The predicted molar refractivity (Wildman–Crippen MR) is 54.5 cm³/mol. The molecule has 0 bridgehead atoms. The van der Waals surface area contributed by atoms with Crippen molar-refractivity contribution < 1.29 is 0 Å². The molecule has 0 nitrogen and oxygen atoms in total. The number of fused-ring (bicyclic) bond motifs is 1. The predicted octanol–water partition coefficient (Wildman–Crippen LogP) is 3.28. The monoisotopic (exact) mass is 221 g/mol. The summed E-state index contributed by atoms with van der Waals surface area (Å²) < 4.78 is 0. The van der Waals surface area contributed by atoms with E-state index in [1.165, 1.54) is 17.5 Å². The molecule has 1 unspecified atom stereocenters. The van der Waals surface area contributed by atoms with Crippen LogP contribution >= 0.6 is 15.9 Å². The molecular formula is C11H10Br. The zero-order chi connectivity index (χ0) is 8.39. The van der Waals surface area contributed by atoms with E-state index in [4.69, 9.17) is 0 Å². The summed E-state index contributed by atoms with van der Waals surface area (Å²) in [7, 11) is 0. The maximum absolute atomic E-state index is 3.46. The molecule has 0 saturated heterocycles. The van der Waals surface area contributed by atoms with Crippen LogP contribution in [0.25, 0.3) is 0 Å². The molecule has 1 aliphatic carbocycles. The topological polar surface area (TPSA) is 0 Å². The third-order valence-electron chi connectivity index (χ3n) is 2.22. The first kappa shape index (κ1) is 8.06. The maximum atomic E-state index is 3.46. The summed E-state index contributed by atoms with van der Waals surface area (Å²) in [5, 5.41) is 1.06. The quantitative estimate of drug-likeness (QED) is 0.673. The molecular weight excluding hydrogens is 212 g/mol. The molecule has 0 aliphatic heterocycles. The molecule has 1 atom stereocenters. The van der Waals surface area contributed by atoms with Crippen molar-refractivity contribution in [1.82, 2.24) is 0 Å². The Labute approximate surface area is 81.4 Å². The van der Waals surface area contributed by atoms with Crippen LogP contribution in [0, 0.1) is 6.08 Å². The summed E-state index contributed by atoms with van der Waals surface area (Å²) in [5.74, 6) is 0.584. The van der Waals surface area contributed by atoms with E-state index in [0.717, 1.165) is 5.33 Å². The van der Waals surface area contributed by atoms with E-state index in [1.807, 2.05) is 0 Å². The smallest absolute Gasteiger partial charge is 0.00414 e. The largest absolute Gasteiger partial charge is 0.0928 e. The zero-order valence-electron chi connectivity index (χ0n) is 6.76. The molecule has 61 valence electrons. The molecule has 0 spiro atoms. The van der Waals surface area contributed by atoms with Crippen LogP contribution in [-0.2, 0) is 0 Å². The van der Waals surface area contributed by atoms with Gasteiger partial charge in [0.2, 0.25) is 0 Å². The summed E-state index contributed by atoms with van der Waals surface area (Å²) in [4.78, 5) is 0. The number of halogens is 1. The molecule has 0 heterocycles. The molecule has 0 saturated carbocycles. The van der Waals surface area contributed by atoms with Gasteiger partial charge in [0.25, 0.3) is 0 Å². The highest BCUT2D eigenvalue weighted by molar-refractivity contribution is 9.09. The molecule has 1 radical (unpaired) electrons. The van der Waals surface area contributed by atoms with E-state index in [9.17, 15) is 0 Å². The molecule has 12 heavy (non-hydrogen) atoms. The summed E-state index contributed by atoms with van der Waals surface area (Å²) >= 11 is 3.46. The van der Waals surface area contributed by atoms with Crippen molar-refractivity contribution in [3.8, 4) is 0 Å². The van der Waals surface area contributed by atoms with Gasteiger partial charge in [-0.1, -0.05) is 46.3 Å². The number of hydrogen-bond acceptors (Lipinski definition) is 0. The van der Waals surface area contributed by atoms with Gasteiger partial charge in [0, 0.05) is 11.2 Å². The molecule has 1 heteroatoms. The van der Waals surface area contributed by atoms with Gasteiger partial charge in [-0.25, -0.2) is 0 Å². The molecule has 1 aromatic carbocycles. The van der Waals surface area contributed by atoms with E-state index < -0.39 is 0 Å². The van der Waals surface area contributed by atoms with Gasteiger partial charge in [0.1, 0.15) is 0 Å². The fourth-order valence-electron chi connectivity index (χ4n) is 1.59. The highest BCUT2D eigenvalue weighted by Crippen LogP contribution is 2.30. The first-order chi connectivity index (χ1) is 5.92. The van der Waals surface area contributed by atoms with Gasteiger partial charge in [-0.3, -0.25) is 0 Å². The molecule has 0 amide bonds. The number of alkyl halides is 1. The van der Waals surface area contributed by atoms with E-state index in [2.05, 4.69) is 52.3 Å². The minimum Gasteiger partial charge on any atom is -0.0928 e. The van der Waals surface area contributed by atoms with E-state index in [0.29, 0.717) is 5.92 Å². The third-order valence-corrected chi connectivity index (χ3v) is 2.68. The molecule has 0 N–H and O–H groups in total. The second-order valence-electron chi connectivity index (χ2n) is 2.98. The van der Waals surface area contributed by atoms with Crippen LogP contribution in [0.1, 0.15) is 23.5 Å². The van der Waals surface area contributed by atoms with Crippen LogP contribution in [0.4, 0.5) is 0 Å². The summed E-state index contributed by atoms with van der Waals surface area (Å²) in [6.45, 7) is 0. The highest BCUT2D eigenvalue weighted by Gasteiger charge is 2.15. The summed E-state index contributed by atoms with van der Waals surface area (Å²) in [6, 6.07) is 8.48.